The summed E-state index contributed by atoms with van der Waals surface area (Å²) in [6, 6.07) is 23.9. The van der Waals surface area contributed by atoms with E-state index in [-0.39, 0.29) is 31.0 Å². The number of amides is 2. The fourth-order valence-electron chi connectivity index (χ4n) is 3.69. The van der Waals surface area contributed by atoms with Crippen LogP contribution >= 0.6 is 11.6 Å². The average molecular weight is 493 g/mol. The Morgan fingerprint density at radius 2 is 1.66 bits per heavy atom. The SMILES string of the molecule is CC[C@@H](C)NC(=O)[C@@H](Cc1ccccc1)N(Cc1cccc(Cl)c1)C(=O)COc1ccc(C)cc1. The zero-order valence-electron chi connectivity index (χ0n) is 20.5. The lowest BCUT2D eigenvalue weighted by atomic mass is 10.0. The molecule has 3 aromatic carbocycles. The van der Waals surface area contributed by atoms with E-state index in [0.717, 1.165) is 23.1 Å². The molecule has 0 unspecified atom stereocenters. The summed E-state index contributed by atoms with van der Waals surface area (Å²) < 4.78 is 5.80. The van der Waals surface area contributed by atoms with Crippen molar-refractivity contribution in [2.24, 2.45) is 0 Å². The monoisotopic (exact) mass is 492 g/mol. The van der Waals surface area contributed by atoms with Crippen molar-refractivity contribution in [1.82, 2.24) is 10.2 Å². The number of hydrogen-bond donors (Lipinski definition) is 1. The molecule has 3 rings (SSSR count). The summed E-state index contributed by atoms with van der Waals surface area (Å²) in [7, 11) is 0. The van der Waals surface area contributed by atoms with Crippen LogP contribution in [-0.2, 0) is 22.6 Å². The lowest BCUT2D eigenvalue weighted by Gasteiger charge is -2.32. The van der Waals surface area contributed by atoms with Crippen molar-refractivity contribution in [3.8, 4) is 5.75 Å². The highest BCUT2D eigenvalue weighted by molar-refractivity contribution is 6.30. The molecule has 0 saturated heterocycles. The molecule has 0 heterocycles. The fourth-order valence-corrected chi connectivity index (χ4v) is 3.90. The minimum Gasteiger partial charge on any atom is -0.484 e. The van der Waals surface area contributed by atoms with Crippen LogP contribution in [0.3, 0.4) is 0 Å². The Kier molecular flexibility index (Phi) is 9.74. The van der Waals surface area contributed by atoms with E-state index in [2.05, 4.69) is 5.32 Å². The normalized spacial score (nSPS) is 12.5. The van der Waals surface area contributed by atoms with Gasteiger partial charge in [-0.3, -0.25) is 9.59 Å². The summed E-state index contributed by atoms with van der Waals surface area (Å²) in [5, 5.41) is 3.64. The summed E-state index contributed by atoms with van der Waals surface area (Å²) in [4.78, 5) is 28.6. The molecule has 5 nitrogen and oxygen atoms in total. The number of carbonyl (C=O) groups is 2. The first kappa shape index (κ1) is 26.3. The number of benzene rings is 3. The second-order valence-electron chi connectivity index (χ2n) is 8.78. The Morgan fingerprint density at radius 1 is 0.971 bits per heavy atom. The third-order valence-electron chi connectivity index (χ3n) is 5.90. The molecule has 0 aliphatic heterocycles. The Balaban J connectivity index is 1.90. The van der Waals surface area contributed by atoms with Gasteiger partial charge in [0, 0.05) is 24.0 Å². The number of nitrogens with zero attached hydrogens (tertiary/aromatic N) is 1. The Morgan fingerprint density at radius 3 is 2.31 bits per heavy atom. The molecule has 6 heteroatoms. The van der Waals surface area contributed by atoms with Crippen LogP contribution < -0.4 is 10.1 Å². The van der Waals surface area contributed by atoms with Crippen molar-refractivity contribution in [1.29, 1.82) is 0 Å². The van der Waals surface area contributed by atoms with Crippen molar-refractivity contribution in [2.75, 3.05) is 6.61 Å². The number of halogens is 1. The minimum atomic E-state index is -0.709. The number of carbonyl (C=O) groups excluding carboxylic acids is 2. The van der Waals surface area contributed by atoms with Gasteiger partial charge >= 0.3 is 0 Å². The average Bonchev–Trinajstić information content (AvgIpc) is 2.86. The largest absolute Gasteiger partial charge is 0.484 e. The van der Waals surface area contributed by atoms with E-state index in [1.54, 1.807) is 11.0 Å². The highest BCUT2D eigenvalue weighted by Gasteiger charge is 2.31. The maximum atomic E-state index is 13.6. The second-order valence-corrected chi connectivity index (χ2v) is 9.21. The maximum absolute atomic E-state index is 13.6. The topological polar surface area (TPSA) is 58.6 Å². The molecule has 184 valence electrons. The molecule has 2 atom stereocenters. The van der Waals surface area contributed by atoms with E-state index in [4.69, 9.17) is 16.3 Å². The summed E-state index contributed by atoms with van der Waals surface area (Å²) in [5.41, 5.74) is 2.92. The molecule has 0 aliphatic rings. The summed E-state index contributed by atoms with van der Waals surface area (Å²) in [6.45, 7) is 6.03. The first-order valence-corrected chi connectivity index (χ1v) is 12.3. The van der Waals surface area contributed by atoms with Crippen LogP contribution in [0.15, 0.2) is 78.9 Å². The summed E-state index contributed by atoms with van der Waals surface area (Å²) in [5.74, 6) is 0.148. The van der Waals surface area contributed by atoms with E-state index in [1.165, 1.54) is 0 Å². The highest BCUT2D eigenvalue weighted by atomic mass is 35.5. The third kappa shape index (κ3) is 8.15. The molecule has 2 amide bonds. The molecular formula is C29H33ClN2O3. The fraction of sp³-hybridized carbons (Fsp3) is 0.310. The highest BCUT2D eigenvalue weighted by Crippen LogP contribution is 2.19. The van der Waals surface area contributed by atoms with E-state index in [1.807, 2.05) is 93.6 Å². The zero-order chi connectivity index (χ0) is 25.2. The van der Waals surface area contributed by atoms with Gasteiger partial charge in [0.05, 0.1) is 0 Å². The Bertz CT molecular complexity index is 1100. The standard InChI is InChI=1S/C29H33ClN2O3/c1-4-22(3)31-29(34)27(18-23-9-6-5-7-10-23)32(19-24-11-8-12-25(30)17-24)28(33)20-35-26-15-13-21(2)14-16-26/h5-17,22,27H,4,18-20H2,1-3H3,(H,31,34)/t22-,27-/m1/s1. The number of rotatable bonds is 11. The van der Waals surface area contributed by atoms with Crippen molar-refractivity contribution < 1.29 is 14.3 Å². The van der Waals surface area contributed by atoms with Gasteiger partial charge in [0.15, 0.2) is 6.61 Å². The third-order valence-corrected chi connectivity index (χ3v) is 6.13. The van der Waals surface area contributed by atoms with Crippen molar-refractivity contribution in [2.45, 2.75) is 52.2 Å². The molecule has 0 spiro atoms. The molecule has 0 aromatic heterocycles. The van der Waals surface area contributed by atoms with Crippen LogP contribution in [0.25, 0.3) is 0 Å². The second kappa shape index (κ2) is 13.0. The van der Waals surface area contributed by atoms with Gasteiger partial charge in [0.1, 0.15) is 11.8 Å². The van der Waals surface area contributed by atoms with Gasteiger partial charge in [-0.2, -0.15) is 0 Å². The van der Waals surface area contributed by atoms with Crippen molar-refractivity contribution in [3.05, 3.63) is 101 Å². The van der Waals surface area contributed by atoms with Gasteiger partial charge in [-0.15, -0.1) is 0 Å². The number of hydrogen-bond acceptors (Lipinski definition) is 3. The predicted molar refractivity (Wildman–Crippen MR) is 141 cm³/mol. The van der Waals surface area contributed by atoms with Crippen LogP contribution in [0.1, 0.15) is 37.0 Å². The molecule has 0 bridgehead atoms. The predicted octanol–water partition coefficient (Wildman–Crippen LogP) is 5.58. The number of nitrogens with one attached hydrogen (secondary N) is 1. The van der Waals surface area contributed by atoms with Gasteiger partial charge in [0.2, 0.25) is 5.91 Å². The van der Waals surface area contributed by atoms with Gasteiger partial charge in [-0.1, -0.05) is 78.7 Å². The molecule has 3 aromatic rings. The summed E-state index contributed by atoms with van der Waals surface area (Å²) in [6.07, 6.45) is 1.18. The van der Waals surface area contributed by atoms with E-state index in [9.17, 15) is 9.59 Å². The van der Waals surface area contributed by atoms with Gasteiger partial charge in [0.25, 0.3) is 5.91 Å². The van der Waals surface area contributed by atoms with E-state index in [0.29, 0.717) is 17.2 Å². The van der Waals surface area contributed by atoms with Crippen LogP contribution in [0.5, 0.6) is 5.75 Å². The molecule has 35 heavy (non-hydrogen) atoms. The van der Waals surface area contributed by atoms with Crippen LogP contribution in [-0.4, -0.2) is 35.4 Å². The van der Waals surface area contributed by atoms with E-state index >= 15 is 0 Å². The van der Waals surface area contributed by atoms with Gasteiger partial charge < -0.3 is 15.0 Å². The molecule has 0 radical (unpaired) electrons. The van der Waals surface area contributed by atoms with Crippen LogP contribution in [0.4, 0.5) is 0 Å². The molecule has 0 aliphatic carbocycles. The number of ether oxygens (including phenoxy) is 1. The smallest absolute Gasteiger partial charge is 0.261 e. The van der Waals surface area contributed by atoms with Crippen molar-refractivity contribution >= 4 is 23.4 Å². The van der Waals surface area contributed by atoms with Crippen LogP contribution in [0.2, 0.25) is 5.02 Å². The van der Waals surface area contributed by atoms with Crippen molar-refractivity contribution in [3.63, 3.8) is 0 Å². The summed E-state index contributed by atoms with van der Waals surface area (Å²) >= 11 is 6.21. The first-order valence-electron chi connectivity index (χ1n) is 11.9. The first-order chi connectivity index (χ1) is 16.9. The minimum absolute atomic E-state index is 0.00676. The Hall–Kier alpha value is -3.31. The van der Waals surface area contributed by atoms with Gasteiger partial charge in [-0.05, 0) is 55.7 Å². The van der Waals surface area contributed by atoms with Crippen LogP contribution in [0, 0.1) is 6.92 Å². The quantitative estimate of drug-likeness (QED) is 0.380. The molecule has 1 N–H and O–H groups in total. The molecule has 0 saturated carbocycles. The van der Waals surface area contributed by atoms with E-state index < -0.39 is 6.04 Å². The molecule has 0 fully saturated rings. The Labute approximate surface area is 213 Å². The maximum Gasteiger partial charge on any atom is 0.261 e. The lowest BCUT2D eigenvalue weighted by molar-refractivity contribution is -0.143. The number of aryl methyl sites for hydroxylation is 1. The van der Waals surface area contributed by atoms with Gasteiger partial charge in [-0.25, -0.2) is 0 Å². The lowest BCUT2D eigenvalue weighted by Crippen LogP contribution is -2.53. The zero-order valence-corrected chi connectivity index (χ0v) is 21.3. The molecular weight excluding hydrogens is 460 g/mol.